The van der Waals surface area contributed by atoms with Crippen LogP contribution in [-0.4, -0.2) is 47.2 Å². The maximum Gasteiger partial charge on any atom is 1.00 e. The summed E-state index contributed by atoms with van der Waals surface area (Å²) >= 11 is 0. The number of aryl methyl sites for hydroxylation is 1. The van der Waals surface area contributed by atoms with Crippen LogP contribution in [0.5, 0.6) is 0 Å². The number of carbonyl (C=O) groups is 1. The molecule has 4 rings (SSSR count). The van der Waals surface area contributed by atoms with Gasteiger partial charge in [0.2, 0.25) is 0 Å². The van der Waals surface area contributed by atoms with Gasteiger partial charge in [-0.2, -0.15) is 0 Å². The molecule has 2 aliphatic heterocycles. The Morgan fingerprint density at radius 1 is 1.22 bits per heavy atom. The van der Waals surface area contributed by atoms with Crippen molar-refractivity contribution >= 4 is 16.9 Å². The number of benzene rings is 1. The van der Waals surface area contributed by atoms with E-state index >= 15 is 0 Å². The smallest absolute Gasteiger partial charge is 0.545 e. The molecule has 3 heterocycles. The maximum absolute atomic E-state index is 11.5. The molecule has 1 N–H and O–H groups in total. The fourth-order valence-electron chi connectivity index (χ4n) is 5.09. The van der Waals surface area contributed by atoms with Gasteiger partial charge in [0.05, 0.1) is 5.97 Å². The molecule has 2 fully saturated rings. The number of nitrogens with zero attached hydrogens (tertiary/aromatic N) is 2. The number of carboxylic acids is 1. The first-order valence-electron chi connectivity index (χ1n) is 9.78. The Hall–Kier alpha value is -1.25. The minimum Gasteiger partial charge on any atom is -0.545 e. The summed E-state index contributed by atoms with van der Waals surface area (Å²) in [6.07, 6.45) is 9.37. The molecule has 2 aliphatic rings. The molecule has 2 bridgehead atoms. The van der Waals surface area contributed by atoms with E-state index in [2.05, 4.69) is 23.5 Å². The number of rotatable bonds is 5. The van der Waals surface area contributed by atoms with Crippen LogP contribution in [0.25, 0.3) is 10.9 Å². The van der Waals surface area contributed by atoms with Crippen LogP contribution in [-0.2, 0) is 13.5 Å². The molecule has 1 aromatic heterocycles. The van der Waals surface area contributed by atoms with Gasteiger partial charge < -0.3 is 24.7 Å². The average molecular weight is 361 g/mol. The van der Waals surface area contributed by atoms with Gasteiger partial charge in [0.15, 0.2) is 0 Å². The van der Waals surface area contributed by atoms with Crippen LogP contribution in [0.15, 0.2) is 24.4 Å². The molecular formula is C21H28LiN3O2. The second-order valence-corrected chi connectivity index (χ2v) is 8.03. The van der Waals surface area contributed by atoms with E-state index in [0.29, 0.717) is 11.6 Å². The van der Waals surface area contributed by atoms with Gasteiger partial charge in [0, 0.05) is 47.8 Å². The Morgan fingerprint density at radius 3 is 2.59 bits per heavy atom. The van der Waals surface area contributed by atoms with E-state index in [-0.39, 0.29) is 18.9 Å². The van der Waals surface area contributed by atoms with Gasteiger partial charge in [0.25, 0.3) is 0 Å². The summed E-state index contributed by atoms with van der Waals surface area (Å²) in [7, 11) is 4.25. The van der Waals surface area contributed by atoms with Crippen molar-refractivity contribution in [1.29, 1.82) is 0 Å². The summed E-state index contributed by atoms with van der Waals surface area (Å²) in [4.78, 5) is 14.1. The molecule has 1 aromatic carbocycles. The van der Waals surface area contributed by atoms with Crippen molar-refractivity contribution in [2.45, 2.75) is 56.7 Å². The number of nitrogens with one attached hydrogen (secondary N) is 1. The molecule has 0 aliphatic carbocycles. The minimum absolute atomic E-state index is 0. The van der Waals surface area contributed by atoms with E-state index < -0.39 is 5.97 Å². The van der Waals surface area contributed by atoms with E-state index in [1.54, 1.807) is 12.1 Å². The summed E-state index contributed by atoms with van der Waals surface area (Å²) in [6.45, 7) is 0.883. The molecule has 140 valence electrons. The predicted octanol–water partition coefficient (Wildman–Crippen LogP) is -1.31. The van der Waals surface area contributed by atoms with E-state index in [1.165, 1.54) is 32.1 Å². The predicted molar refractivity (Wildman–Crippen MR) is 101 cm³/mol. The second-order valence-electron chi connectivity index (χ2n) is 8.03. The zero-order valence-corrected chi connectivity index (χ0v) is 16.7. The Labute approximate surface area is 173 Å². The molecule has 0 spiro atoms. The molecule has 2 aromatic rings. The first kappa shape index (κ1) is 20.5. The van der Waals surface area contributed by atoms with E-state index in [9.17, 15) is 9.90 Å². The number of carbonyl (C=O) groups excluding carboxylic acids is 1. The van der Waals surface area contributed by atoms with Gasteiger partial charge in [-0.1, -0.05) is 18.6 Å². The summed E-state index contributed by atoms with van der Waals surface area (Å²) < 4.78 is 2.01. The summed E-state index contributed by atoms with van der Waals surface area (Å²) in [5.41, 5.74) is 2.34. The molecule has 2 unspecified atom stereocenters. The molecule has 27 heavy (non-hydrogen) atoms. The fourth-order valence-corrected chi connectivity index (χ4v) is 5.09. The van der Waals surface area contributed by atoms with Gasteiger partial charge in [0.1, 0.15) is 0 Å². The Kier molecular flexibility index (Phi) is 6.38. The molecule has 2 saturated heterocycles. The number of aromatic carboxylic acids is 1. The standard InChI is InChI=1S/C21H29N3O2.Li/c1-23-13-14(20-18(21(25)26)7-4-8-19(20)23)9-10-22-15-11-16-5-3-6-17(12-15)24(16)2;/h4,7-8,13,15-17,22H,3,5-6,9-12H2,1-2H3,(H,25,26);/q;+1/p-1. The third-order valence-corrected chi connectivity index (χ3v) is 6.48. The monoisotopic (exact) mass is 361 g/mol. The number of hydrogen-bond donors (Lipinski definition) is 1. The van der Waals surface area contributed by atoms with Gasteiger partial charge in [-0.15, -0.1) is 0 Å². The number of carboxylic acid groups (broad SMARTS) is 1. The zero-order chi connectivity index (χ0) is 18.3. The second kappa shape index (κ2) is 8.41. The minimum atomic E-state index is -1.10. The van der Waals surface area contributed by atoms with Crippen LogP contribution in [0.4, 0.5) is 0 Å². The summed E-state index contributed by atoms with van der Waals surface area (Å²) in [6, 6.07) is 7.43. The number of piperidine rings is 2. The van der Waals surface area contributed by atoms with Crippen molar-refractivity contribution in [2.75, 3.05) is 13.6 Å². The van der Waals surface area contributed by atoms with Crippen molar-refractivity contribution in [1.82, 2.24) is 14.8 Å². The van der Waals surface area contributed by atoms with Crippen LogP contribution in [0, 0.1) is 0 Å². The molecule has 2 atom stereocenters. The van der Waals surface area contributed by atoms with Crippen LogP contribution < -0.4 is 29.3 Å². The molecule has 0 amide bonds. The Bertz CT molecular complexity index is 805. The van der Waals surface area contributed by atoms with E-state index in [4.69, 9.17) is 0 Å². The molecule has 5 nitrogen and oxygen atoms in total. The van der Waals surface area contributed by atoms with Crippen molar-refractivity contribution in [3.8, 4) is 0 Å². The SMILES string of the molecule is CN1C2CCCC1CC(NCCc1cn(C)c3cccc(C(=O)[O-])c13)C2.[Li+]. The van der Waals surface area contributed by atoms with Crippen molar-refractivity contribution < 1.29 is 28.8 Å². The maximum atomic E-state index is 11.5. The van der Waals surface area contributed by atoms with Crippen molar-refractivity contribution in [3.05, 3.63) is 35.5 Å². The number of aromatic nitrogens is 1. The first-order chi connectivity index (χ1) is 12.5. The molecule has 0 saturated carbocycles. The van der Waals surface area contributed by atoms with Crippen LogP contribution in [0.1, 0.15) is 48.0 Å². The number of hydrogen-bond acceptors (Lipinski definition) is 4. The van der Waals surface area contributed by atoms with Gasteiger partial charge in [-0.3, -0.25) is 0 Å². The average Bonchev–Trinajstić information content (AvgIpc) is 2.92. The van der Waals surface area contributed by atoms with E-state index in [0.717, 1.165) is 41.5 Å². The molecular weight excluding hydrogens is 333 g/mol. The topological polar surface area (TPSA) is 60.3 Å². The van der Waals surface area contributed by atoms with Crippen molar-refractivity contribution in [2.24, 2.45) is 7.05 Å². The molecule has 6 heteroatoms. The summed E-state index contributed by atoms with van der Waals surface area (Å²) in [5.74, 6) is -1.10. The van der Waals surface area contributed by atoms with Gasteiger partial charge in [-0.05, 0) is 57.3 Å². The van der Waals surface area contributed by atoms with Crippen LogP contribution in [0.2, 0.25) is 0 Å². The van der Waals surface area contributed by atoms with Crippen LogP contribution >= 0.6 is 0 Å². The molecule has 0 radical (unpaired) electrons. The number of fused-ring (bicyclic) bond motifs is 3. The van der Waals surface area contributed by atoms with Gasteiger partial charge in [-0.25, -0.2) is 0 Å². The summed E-state index contributed by atoms with van der Waals surface area (Å²) in [5, 5.41) is 16.1. The van der Waals surface area contributed by atoms with Gasteiger partial charge >= 0.3 is 18.9 Å². The fraction of sp³-hybridized carbons (Fsp3) is 0.571. The normalized spacial score (nSPS) is 25.3. The van der Waals surface area contributed by atoms with Crippen molar-refractivity contribution in [3.63, 3.8) is 0 Å². The Balaban J connectivity index is 0.00000210. The Morgan fingerprint density at radius 2 is 1.93 bits per heavy atom. The third-order valence-electron chi connectivity index (χ3n) is 6.48. The quantitative estimate of drug-likeness (QED) is 0.672. The van der Waals surface area contributed by atoms with Crippen LogP contribution in [0.3, 0.4) is 0 Å². The first-order valence-corrected chi connectivity index (χ1v) is 9.78. The van der Waals surface area contributed by atoms with E-state index in [1.807, 2.05) is 17.7 Å². The largest absolute Gasteiger partial charge is 1.00 e. The zero-order valence-electron chi connectivity index (χ0n) is 16.7. The third kappa shape index (κ3) is 3.98.